The van der Waals surface area contributed by atoms with Crippen LogP contribution in [0.1, 0.15) is 61.3 Å². The van der Waals surface area contributed by atoms with Gasteiger partial charge in [0.1, 0.15) is 27.9 Å². The molecular formula is C33H38O6S. The summed E-state index contributed by atoms with van der Waals surface area (Å²) in [7, 11) is -2.97. The van der Waals surface area contributed by atoms with E-state index in [1.807, 2.05) is 25.1 Å². The molecule has 6 nitrogen and oxygen atoms in total. The molecule has 7 heteroatoms. The Morgan fingerprint density at radius 2 is 1.65 bits per heavy atom. The standard InChI is InChI=1S/C33H38O6S/c1-3-37-33(34)32-21-31(32)25-11-13-27(14-12-25)39-22-23-9-10-24-7-5-8-26-20-28(15-16-29(26)30(24)19-23)38-17-6-18-40(35,36)4-2/h9-16,19-20,31-32H,3-8,17-18,21-22H2,1-2H3/t31-,32+/m1/s1. The highest BCUT2D eigenvalue weighted by molar-refractivity contribution is 7.91. The topological polar surface area (TPSA) is 78.9 Å². The summed E-state index contributed by atoms with van der Waals surface area (Å²) in [6, 6.07) is 20.9. The molecule has 0 aliphatic heterocycles. The lowest BCUT2D eigenvalue weighted by atomic mass is 9.95. The molecule has 0 N–H and O–H groups in total. The summed E-state index contributed by atoms with van der Waals surface area (Å²) in [5.74, 6) is 2.07. The van der Waals surface area contributed by atoms with E-state index in [0.717, 1.165) is 48.3 Å². The summed E-state index contributed by atoms with van der Waals surface area (Å²) >= 11 is 0. The predicted octanol–water partition coefficient (Wildman–Crippen LogP) is 6.29. The van der Waals surface area contributed by atoms with Crippen molar-refractivity contribution in [2.45, 2.75) is 58.5 Å². The van der Waals surface area contributed by atoms with Crippen molar-refractivity contribution in [3.05, 3.63) is 82.9 Å². The number of ether oxygens (including phenoxy) is 3. The van der Waals surface area contributed by atoms with Crippen molar-refractivity contribution >= 4 is 15.8 Å². The molecule has 3 aromatic rings. The lowest BCUT2D eigenvalue weighted by Gasteiger charge is -2.14. The van der Waals surface area contributed by atoms with Crippen LogP contribution in [-0.2, 0) is 38.8 Å². The van der Waals surface area contributed by atoms with Crippen LogP contribution in [0.25, 0.3) is 11.1 Å². The molecular weight excluding hydrogens is 524 g/mol. The molecule has 0 saturated heterocycles. The minimum Gasteiger partial charge on any atom is -0.494 e. The third-order valence-corrected chi connectivity index (χ3v) is 9.63. The van der Waals surface area contributed by atoms with Crippen LogP contribution >= 0.6 is 0 Å². The van der Waals surface area contributed by atoms with E-state index in [1.54, 1.807) is 6.92 Å². The molecule has 1 saturated carbocycles. The maximum atomic E-state index is 12.0. The van der Waals surface area contributed by atoms with Crippen LogP contribution in [0.5, 0.6) is 11.5 Å². The molecule has 2 atom stereocenters. The van der Waals surface area contributed by atoms with Crippen molar-refractivity contribution in [1.29, 1.82) is 0 Å². The summed E-state index contributed by atoms with van der Waals surface area (Å²) in [4.78, 5) is 12.0. The lowest BCUT2D eigenvalue weighted by Crippen LogP contribution is -2.11. The van der Waals surface area contributed by atoms with Crippen LogP contribution in [0.15, 0.2) is 60.7 Å². The number of esters is 1. The third kappa shape index (κ3) is 6.87. The number of carbonyl (C=O) groups excluding carboxylic acids is 1. The molecule has 2 aliphatic carbocycles. The van der Waals surface area contributed by atoms with Gasteiger partial charge in [0.05, 0.1) is 24.9 Å². The Kier molecular flexibility index (Phi) is 8.79. The second kappa shape index (κ2) is 12.5. The molecule has 0 unspecified atom stereocenters. The Labute approximate surface area is 237 Å². The van der Waals surface area contributed by atoms with Gasteiger partial charge in [-0.05, 0) is 109 Å². The molecule has 0 heterocycles. The van der Waals surface area contributed by atoms with Crippen LogP contribution in [-0.4, -0.2) is 39.1 Å². The van der Waals surface area contributed by atoms with Crippen molar-refractivity contribution in [2.24, 2.45) is 5.92 Å². The summed E-state index contributed by atoms with van der Waals surface area (Å²) in [5.41, 5.74) is 7.32. The van der Waals surface area contributed by atoms with E-state index in [0.29, 0.717) is 26.2 Å². The van der Waals surface area contributed by atoms with Gasteiger partial charge in [0.25, 0.3) is 0 Å². The van der Waals surface area contributed by atoms with Crippen LogP contribution in [0.2, 0.25) is 0 Å². The van der Waals surface area contributed by atoms with Gasteiger partial charge in [-0.2, -0.15) is 0 Å². The van der Waals surface area contributed by atoms with Gasteiger partial charge in [-0.1, -0.05) is 37.3 Å². The van der Waals surface area contributed by atoms with Gasteiger partial charge in [0.2, 0.25) is 0 Å². The first kappa shape index (κ1) is 28.2. The highest BCUT2D eigenvalue weighted by atomic mass is 32.2. The molecule has 0 bridgehead atoms. The molecule has 3 aromatic carbocycles. The average molecular weight is 563 g/mol. The molecule has 1 fully saturated rings. The van der Waals surface area contributed by atoms with Gasteiger partial charge in [0.15, 0.2) is 0 Å². The van der Waals surface area contributed by atoms with E-state index < -0.39 is 9.84 Å². The monoisotopic (exact) mass is 562 g/mol. The fourth-order valence-corrected chi connectivity index (χ4v) is 6.29. The molecule has 0 amide bonds. The van der Waals surface area contributed by atoms with Gasteiger partial charge in [-0.3, -0.25) is 4.79 Å². The van der Waals surface area contributed by atoms with Gasteiger partial charge >= 0.3 is 5.97 Å². The van der Waals surface area contributed by atoms with Crippen molar-refractivity contribution in [2.75, 3.05) is 24.7 Å². The van der Waals surface area contributed by atoms with Crippen LogP contribution < -0.4 is 9.47 Å². The minimum atomic E-state index is -2.97. The molecule has 40 heavy (non-hydrogen) atoms. The highest BCUT2D eigenvalue weighted by Gasteiger charge is 2.45. The maximum absolute atomic E-state index is 12.0. The Morgan fingerprint density at radius 1 is 0.875 bits per heavy atom. The minimum absolute atomic E-state index is 0.0126. The normalized spacial score (nSPS) is 17.8. The zero-order chi connectivity index (χ0) is 28.1. The summed E-state index contributed by atoms with van der Waals surface area (Å²) < 4.78 is 40.6. The quantitative estimate of drug-likeness (QED) is 0.191. The highest BCUT2D eigenvalue weighted by Crippen LogP contribution is 2.48. The van der Waals surface area contributed by atoms with E-state index in [4.69, 9.17) is 14.2 Å². The van der Waals surface area contributed by atoms with E-state index in [2.05, 4.69) is 42.5 Å². The van der Waals surface area contributed by atoms with Gasteiger partial charge < -0.3 is 14.2 Å². The Hall–Kier alpha value is -3.32. The Bertz CT molecular complexity index is 1440. The average Bonchev–Trinajstić information content (AvgIpc) is 3.78. The number of carbonyl (C=O) groups is 1. The van der Waals surface area contributed by atoms with Crippen molar-refractivity contribution < 1.29 is 27.4 Å². The van der Waals surface area contributed by atoms with Gasteiger partial charge in [0, 0.05) is 5.75 Å². The summed E-state index contributed by atoms with van der Waals surface area (Å²) in [5, 5.41) is 0. The van der Waals surface area contributed by atoms with Crippen molar-refractivity contribution in [1.82, 2.24) is 0 Å². The number of hydrogen-bond acceptors (Lipinski definition) is 6. The first-order valence-electron chi connectivity index (χ1n) is 14.3. The first-order chi connectivity index (χ1) is 19.4. The van der Waals surface area contributed by atoms with E-state index in [-0.39, 0.29) is 29.3 Å². The van der Waals surface area contributed by atoms with Gasteiger partial charge in [-0.25, -0.2) is 8.42 Å². The predicted molar refractivity (Wildman–Crippen MR) is 157 cm³/mol. The fourth-order valence-electron chi connectivity index (χ4n) is 5.45. The first-order valence-corrected chi connectivity index (χ1v) is 16.2. The number of aryl methyl sites for hydroxylation is 2. The Balaban J connectivity index is 1.21. The van der Waals surface area contributed by atoms with Crippen molar-refractivity contribution in [3.63, 3.8) is 0 Å². The number of sulfone groups is 1. The van der Waals surface area contributed by atoms with E-state index >= 15 is 0 Å². The number of benzene rings is 3. The summed E-state index contributed by atoms with van der Waals surface area (Å²) in [6.07, 6.45) is 4.41. The lowest BCUT2D eigenvalue weighted by molar-refractivity contribution is -0.144. The van der Waals surface area contributed by atoms with Crippen LogP contribution in [0, 0.1) is 5.92 Å². The molecule has 0 radical (unpaired) electrons. The number of rotatable bonds is 12. The molecule has 0 aromatic heterocycles. The maximum Gasteiger partial charge on any atom is 0.309 e. The second-order valence-electron chi connectivity index (χ2n) is 10.7. The molecule has 212 valence electrons. The second-order valence-corrected chi connectivity index (χ2v) is 13.1. The third-order valence-electron chi connectivity index (χ3n) is 7.84. The Morgan fingerprint density at radius 3 is 2.42 bits per heavy atom. The van der Waals surface area contributed by atoms with Gasteiger partial charge in [-0.15, -0.1) is 0 Å². The number of hydrogen-bond donors (Lipinski definition) is 0. The summed E-state index contributed by atoms with van der Waals surface area (Å²) in [6.45, 7) is 4.80. The zero-order valence-corrected chi connectivity index (χ0v) is 24.2. The van der Waals surface area contributed by atoms with Crippen LogP contribution in [0.3, 0.4) is 0 Å². The van der Waals surface area contributed by atoms with Crippen LogP contribution in [0.4, 0.5) is 0 Å². The largest absolute Gasteiger partial charge is 0.494 e. The molecule has 2 aliphatic rings. The van der Waals surface area contributed by atoms with E-state index in [1.165, 1.54) is 22.3 Å². The van der Waals surface area contributed by atoms with E-state index in [9.17, 15) is 13.2 Å². The zero-order valence-electron chi connectivity index (χ0n) is 23.4. The molecule has 5 rings (SSSR count). The SMILES string of the molecule is CCOC(=O)[C@H]1C[C@@H]1c1ccc(OCc2ccc3c(c2)-c2ccc(OCCCS(=O)(=O)CC)cc2CCC3)cc1. The van der Waals surface area contributed by atoms with Crippen molar-refractivity contribution in [3.8, 4) is 22.6 Å². The number of fused-ring (bicyclic) bond motifs is 3. The molecule has 0 spiro atoms. The fraction of sp³-hybridized carbons (Fsp3) is 0.424. The smallest absolute Gasteiger partial charge is 0.309 e.